The van der Waals surface area contributed by atoms with Gasteiger partial charge < -0.3 is 29.9 Å². The number of carbonyl (C=O) groups excluding carboxylic acids is 1. The summed E-state index contributed by atoms with van der Waals surface area (Å²) >= 11 is 0. The number of amides is 1. The fourth-order valence-electron chi connectivity index (χ4n) is 3.86. The lowest BCUT2D eigenvalue weighted by atomic mass is 10.1. The van der Waals surface area contributed by atoms with E-state index in [0.717, 1.165) is 56.2 Å². The summed E-state index contributed by atoms with van der Waals surface area (Å²) in [6, 6.07) is 16.3. The molecule has 2 aliphatic rings. The maximum Gasteiger partial charge on any atom is 0.244 e. The molecular weight excluding hydrogens is 533 g/mol. The third-order valence-corrected chi connectivity index (χ3v) is 5.61. The molecule has 0 aliphatic carbocycles. The number of hydrogen-bond donors (Lipinski definition) is 2. The van der Waals surface area contributed by atoms with Crippen molar-refractivity contribution in [1.29, 1.82) is 0 Å². The van der Waals surface area contributed by atoms with Crippen molar-refractivity contribution >= 4 is 41.5 Å². The number of piperazine rings is 1. The van der Waals surface area contributed by atoms with Crippen molar-refractivity contribution in [2.24, 2.45) is 4.99 Å². The van der Waals surface area contributed by atoms with Crippen LogP contribution >= 0.6 is 24.0 Å². The SMILES string of the molecule is CCNC(=NCC(=O)N1CCN(c2ccccc2)CC1)NCCc1ccc2c(c1)OCO2.I. The Balaban J connectivity index is 0.00000306. The van der Waals surface area contributed by atoms with Crippen molar-refractivity contribution in [3.8, 4) is 11.5 Å². The molecule has 0 atom stereocenters. The van der Waals surface area contributed by atoms with Crippen LogP contribution in [0.15, 0.2) is 53.5 Å². The smallest absolute Gasteiger partial charge is 0.244 e. The minimum atomic E-state index is 0. The minimum absolute atomic E-state index is 0. The van der Waals surface area contributed by atoms with Crippen molar-refractivity contribution in [1.82, 2.24) is 15.5 Å². The molecule has 2 aromatic rings. The maximum absolute atomic E-state index is 12.7. The second kappa shape index (κ2) is 12.5. The van der Waals surface area contributed by atoms with Crippen LogP contribution in [0.4, 0.5) is 5.69 Å². The Labute approximate surface area is 212 Å². The van der Waals surface area contributed by atoms with Crippen LogP contribution in [0.5, 0.6) is 11.5 Å². The molecule has 0 bridgehead atoms. The van der Waals surface area contributed by atoms with Gasteiger partial charge in [-0.2, -0.15) is 0 Å². The molecule has 1 saturated heterocycles. The van der Waals surface area contributed by atoms with E-state index >= 15 is 0 Å². The number of rotatable bonds is 7. The highest BCUT2D eigenvalue weighted by Crippen LogP contribution is 2.32. The number of aliphatic imine (C=N–C) groups is 1. The third kappa shape index (κ3) is 6.89. The number of carbonyl (C=O) groups is 1. The van der Waals surface area contributed by atoms with Gasteiger partial charge in [-0.15, -0.1) is 24.0 Å². The Morgan fingerprint density at radius 3 is 2.52 bits per heavy atom. The van der Waals surface area contributed by atoms with Crippen LogP contribution in [0.25, 0.3) is 0 Å². The number of fused-ring (bicyclic) bond motifs is 1. The molecule has 1 amide bonds. The summed E-state index contributed by atoms with van der Waals surface area (Å²) in [7, 11) is 0. The summed E-state index contributed by atoms with van der Waals surface area (Å²) < 4.78 is 10.8. The van der Waals surface area contributed by atoms with Gasteiger partial charge in [0.05, 0.1) is 0 Å². The van der Waals surface area contributed by atoms with E-state index in [9.17, 15) is 4.79 Å². The van der Waals surface area contributed by atoms with Gasteiger partial charge in [-0.1, -0.05) is 24.3 Å². The molecule has 0 aromatic heterocycles. The molecule has 0 unspecified atom stereocenters. The molecule has 33 heavy (non-hydrogen) atoms. The normalized spacial score (nSPS) is 15.1. The lowest BCUT2D eigenvalue weighted by Gasteiger charge is -2.36. The molecule has 1 fully saturated rings. The summed E-state index contributed by atoms with van der Waals surface area (Å²) in [6.45, 7) is 7.00. The van der Waals surface area contributed by atoms with Gasteiger partial charge in [-0.3, -0.25) is 4.79 Å². The first-order chi connectivity index (χ1) is 15.7. The summed E-state index contributed by atoms with van der Waals surface area (Å²) in [6.07, 6.45) is 0.816. The number of hydrogen-bond acceptors (Lipinski definition) is 5. The van der Waals surface area contributed by atoms with Crippen molar-refractivity contribution in [3.63, 3.8) is 0 Å². The molecule has 4 rings (SSSR count). The van der Waals surface area contributed by atoms with Crippen LogP contribution in [0.3, 0.4) is 0 Å². The highest BCUT2D eigenvalue weighted by molar-refractivity contribution is 14.0. The fraction of sp³-hybridized carbons (Fsp3) is 0.417. The van der Waals surface area contributed by atoms with Crippen LogP contribution in [-0.2, 0) is 11.2 Å². The van der Waals surface area contributed by atoms with E-state index in [1.54, 1.807) is 0 Å². The van der Waals surface area contributed by atoms with E-state index in [2.05, 4.69) is 32.7 Å². The molecule has 9 heteroatoms. The van der Waals surface area contributed by atoms with Gasteiger partial charge in [0, 0.05) is 45.0 Å². The number of para-hydroxylation sites is 1. The Hall–Kier alpha value is -2.69. The van der Waals surface area contributed by atoms with E-state index in [1.165, 1.54) is 5.69 Å². The third-order valence-electron chi connectivity index (χ3n) is 5.61. The molecule has 0 radical (unpaired) electrons. The standard InChI is InChI=1S/C24H31N5O3.HI/c1-2-25-24(26-11-10-19-8-9-21-22(16-19)32-18-31-21)27-17-23(30)29-14-12-28(13-15-29)20-6-4-3-5-7-20;/h3-9,16H,2,10-15,17-18H2,1H3,(H2,25,26,27);1H. The lowest BCUT2D eigenvalue weighted by molar-refractivity contribution is -0.129. The van der Waals surface area contributed by atoms with E-state index in [-0.39, 0.29) is 43.2 Å². The van der Waals surface area contributed by atoms with Crippen molar-refractivity contribution in [3.05, 3.63) is 54.1 Å². The first-order valence-corrected chi connectivity index (χ1v) is 11.2. The van der Waals surface area contributed by atoms with Crippen molar-refractivity contribution < 1.29 is 14.3 Å². The quantitative estimate of drug-likeness (QED) is 0.305. The minimum Gasteiger partial charge on any atom is -0.454 e. The van der Waals surface area contributed by atoms with Crippen LogP contribution in [-0.4, -0.2) is 69.4 Å². The monoisotopic (exact) mass is 565 g/mol. The van der Waals surface area contributed by atoms with E-state index in [4.69, 9.17) is 9.47 Å². The van der Waals surface area contributed by atoms with E-state index in [0.29, 0.717) is 12.5 Å². The number of benzene rings is 2. The van der Waals surface area contributed by atoms with Gasteiger partial charge in [0.2, 0.25) is 12.7 Å². The second-order valence-electron chi connectivity index (χ2n) is 7.76. The highest BCUT2D eigenvalue weighted by Gasteiger charge is 2.21. The predicted octanol–water partition coefficient (Wildman–Crippen LogP) is 2.48. The first-order valence-electron chi connectivity index (χ1n) is 11.2. The van der Waals surface area contributed by atoms with Gasteiger partial charge in [-0.05, 0) is 43.2 Å². The molecule has 0 saturated carbocycles. The summed E-state index contributed by atoms with van der Waals surface area (Å²) in [5.41, 5.74) is 2.36. The molecule has 0 spiro atoms. The number of guanidine groups is 1. The summed E-state index contributed by atoms with van der Waals surface area (Å²) in [4.78, 5) is 21.4. The fourth-order valence-corrected chi connectivity index (χ4v) is 3.86. The van der Waals surface area contributed by atoms with Gasteiger partial charge >= 0.3 is 0 Å². The number of halogens is 1. The number of nitrogens with zero attached hydrogens (tertiary/aromatic N) is 3. The maximum atomic E-state index is 12.7. The Morgan fingerprint density at radius 2 is 1.76 bits per heavy atom. The average molecular weight is 565 g/mol. The van der Waals surface area contributed by atoms with Crippen LogP contribution in [0.1, 0.15) is 12.5 Å². The predicted molar refractivity (Wildman–Crippen MR) is 141 cm³/mol. The Bertz CT molecular complexity index is 933. The Kier molecular flexibility index (Phi) is 9.47. The van der Waals surface area contributed by atoms with Gasteiger partial charge in [0.25, 0.3) is 0 Å². The zero-order valence-electron chi connectivity index (χ0n) is 19.0. The number of ether oxygens (including phenoxy) is 2. The first kappa shape index (κ1) is 24.9. The van der Waals surface area contributed by atoms with Crippen molar-refractivity contribution in [2.75, 3.05) is 57.5 Å². The number of nitrogens with one attached hydrogen (secondary N) is 2. The molecule has 2 aliphatic heterocycles. The van der Waals surface area contributed by atoms with Crippen LogP contribution in [0.2, 0.25) is 0 Å². The van der Waals surface area contributed by atoms with Gasteiger partial charge in [-0.25, -0.2) is 4.99 Å². The van der Waals surface area contributed by atoms with Crippen LogP contribution in [0, 0.1) is 0 Å². The second-order valence-corrected chi connectivity index (χ2v) is 7.76. The average Bonchev–Trinajstić information content (AvgIpc) is 3.31. The molecule has 8 nitrogen and oxygen atoms in total. The topological polar surface area (TPSA) is 78.4 Å². The van der Waals surface area contributed by atoms with E-state index < -0.39 is 0 Å². The summed E-state index contributed by atoms with van der Waals surface area (Å²) in [5.74, 6) is 2.30. The number of anilines is 1. The summed E-state index contributed by atoms with van der Waals surface area (Å²) in [5, 5.41) is 6.52. The Morgan fingerprint density at radius 1 is 1.00 bits per heavy atom. The molecule has 2 aromatic carbocycles. The zero-order chi connectivity index (χ0) is 22.2. The molecular formula is C24H32IN5O3. The van der Waals surface area contributed by atoms with Gasteiger partial charge in [0.1, 0.15) is 6.54 Å². The molecule has 178 valence electrons. The van der Waals surface area contributed by atoms with E-state index in [1.807, 2.05) is 48.2 Å². The lowest BCUT2D eigenvalue weighted by Crippen LogP contribution is -2.49. The zero-order valence-corrected chi connectivity index (χ0v) is 21.3. The largest absolute Gasteiger partial charge is 0.454 e. The molecule has 2 heterocycles. The van der Waals surface area contributed by atoms with Crippen LogP contribution < -0.4 is 25.0 Å². The molecule has 2 N–H and O–H groups in total. The van der Waals surface area contributed by atoms with Gasteiger partial charge in [0.15, 0.2) is 17.5 Å². The van der Waals surface area contributed by atoms with Crippen molar-refractivity contribution in [2.45, 2.75) is 13.3 Å². The highest BCUT2D eigenvalue weighted by atomic mass is 127.